The van der Waals surface area contributed by atoms with Crippen LogP contribution in [0, 0.1) is 11.2 Å². The van der Waals surface area contributed by atoms with Crippen molar-refractivity contribution in [3.05, 3.63) is 65.7 Å². The fourth-order valence-electron chi connectivity index (χ4n) is 1.40. The molecule has 4 heteroatoms. The number of nitrogens with zero attached hydrogens (tertiary/aromatic N) is 1. The fourth-order valence-corrected chi connectivity index (χ4v) is 1.40. The summed E-state index contributed by atoms with van der Waals surface area (Å²) in [6.07, 6.45) is 2.98. The standard InChI is InChI=1S/C13H9FN2O/c14-11-3-1-9(2-4-11)12(15)13(17)10-5-7-16-8-6-10/h1-8,15H. The van der Waals surface area contributed by atoms with Gasteiger partial charge in [-0.1, -0.05) is 0 Å². The van der Waals surface area contributed by atoms with E-state index in [1.54, 1.807) is 12.1 Å². The molecule has 0 unspecified atom stereocenters. The van der Waals surface area contributed by atoms with Crippen molar-refractivity contribution in [2.75, 3.05) is 0 Å². The molecule has 0 aliphatic carbocycles. The van der Waals surface area contributed by atoms with Crippen LogP contribution in [0.2, 0.25) is 0 Å². The molecule has 0 spiro atoms. The topological polar surface area (TPSA) is 53.8 Å². The SMILES string of the molecule is N=C(C(=O)c1ccncc1)c1ccc(F)cc1. The second-order valence-corrected chi connectivity index (χ2v) is 3.45. The molecule has 1 aromatic heterocycles. The van der Waals surface area contributed by atoms with Gasteiger partial charge in [-0.05, 0) is 36.4 Å². The third kappa shape index (κ3) is 2.42. The second kappa shape index (κ2) is 4.65. The number of nitrogens with one attached hydrogen (secondary N) is 1. The summed E-state index contributed by atoms with van der Waals surface area (Å²) in [6, 6.07) is 8.36. The monoisotopic (exact) mass is 228 g/mol. The second-order valence-electron chi connectivity index (χ2n) is 3.45. The molecule has 1 aromatic carbocycles. The van der Waals surface area contributed by atoms with Crippen LogP contribution >= 0.6 is 0 Å². The van der Waals surface area contributed by atoms with Crippen LogP contribution in [0.3, 0.4) is 0 Å². The summed E-state index contributed by atoms with van der Waals surface area (Å²) < 4.78 is 12.7. The van der Waals surface area contributed by atoms with E-state index in [1.807, 2.05) is 0 Å². The van der Waals surface area contributed by atoms with Crippen LogP contribution in [0.5, 0.6) is 0 Å². The van der Waals surface area contributed by atoms with E-state index < -0.39 is 11.6 Å². The van der Waals surface area contributed by atoms with E-state index in [2.05, 4.69) is 4.98 Å². The molecule has 0 fully saturated rings. The Morgan fingerprint density at radius 1 is 1.00 bits per heavy atom. The predicted molar refractivity (Wildman–Crippen MR) is 61.8 cm³/mol. The van der Waals surface area contributed by atoms with Gasteiger partial charge in [-0.3, -0.25) is 15.2 Å². The normalized spacial score (nSPS) is 9.94. The van der Waals surface area contributed by atoms with Gasteiger partial charge in [-0.2, -0.15) is 0 Å². The van der Waals surface area contributed by atoms with E-state index in [4.69, 9.17) is 5.41 Å². The number of benzene rings is 1. The first-order valence-corrected chi connectivity index (χ1v) is 4.97. The van der Waals surface area contributed by atoms with Gasteiger partial charge in [-0.15, -0.1) is 0 Å². The number of rotatable bonds is 3. The molecular formula is C13H9FN2O. The van der Waals surface area contributed by atoms with Gasteiger partial charge in [0.25, 0.3) is 0 Å². The zero-order valence-electron chi connectivity index (χ0n) is 8.85. The van der Waals surface area contributed by atoms with E-state index in [-0.39, 0.29) is 5.71 Å². The van der Waals surface area contributed by atoms with Crippen LogP contribution in [0.4, 0.5) is 4.39 Å². The molecule has 0 aliphatic heterocycles. The first-order valence-electron chi connectivity index (χ1n) is 4.97. The van der Waals surface area contributed by atoms with Crippen LogP contribution in [-0.4, -0.2) is 16.5 Å². The summed E-state index contributed by atoms with van der Waals surface area (Å²) in [7, 11) is 0. The molecule has 2 aromatic rings. The predicted octanol–water partition coefficient (Wildman–Crippen LogP) is 2.47. The van der Waals surface area contributed by atoms with Gasteiger partial charge in [-0.25, -0.2) is 4.39 Å². The molecule has 0 radical (unpaired) electrons. The summed E-state index contributed by atoms with van der Waals surface area (Å²) >= 11 is 0. The minimum absolute atomic E-state index is 0.156. The van der Waals surface area contributed by atoms with Gasteiger partial charge in [0.05, 0.1) is 0 Å². The van der Waals surface area contributed by atoms with Gasteiger partial charge in [0.2, 0.25) is 5.78 Å². The highest BCUT2D eigenvalue weighted by Crippen LogP contribution is 2.08. The molecule has 0 amide bonds. The van der Waals surface area contributed by atoms with Crippen molar-refractivity contribution < 1.29 is 9.18 Å². The number of pyridine rings is 1. The first kappa shape index (κ1) is 11.1. The van der Waals surface area contributed by atoms with Crippen LogP contribution in [-0.2, 0) is 0 Å². The van der Waals surface area contributed by atoms with Crippen LogP contribution < -0.4 is 0 Å². The highest BCUT2D eigenvalue weighted by atomic mass is 19.1. The molecule has 1 heterocycles. The number of halogens is 1. The summed E-state index contributed by atoms with van der Waals surface area (Å²) in [6.45, 7) is 0. The maximum Gasteiger partial charge on any atom is 0.211 e. The highest BCUT2D eigenvalue weighted by molar-refractivity contribution is 6.50. The molecule has 0 saturated carbocycles. The van der Waals surface area contributed by atoms with Gasteiger partial charge in [0, 0.05) is 23.5 Å². The van der Waals surface area contributed by atoms with Crippen LogP contribution in [0.25, 0.3) is 0 Å². The Morgan fingerprint density at radius 2 is 1.59 bits per heavy atom. The summed E-state index contributed by atoms with van der Waals surface area (Å²) in [5.74, 6) is -0.795. The molecule has 0 saturated heterocycles. The number of carbonyl (C=O) groups is 1. The molecule has 1 N–H and O–H groups in total. The Hall–Kier alpha value is -2.36. The third-order valence-electron chi connectivity index (χ3n) is 2.30. The number of Topliss-reactive ketones (excluding diaryl/α,β-unsaturated/α-hetero) is 1. The van der Waals surface area contributed by atoms with Gasteiger partial charge < -0.3 is 0 Å². The van der Waals surface area contributed by atoms with Crippen molar-refractivity contribution in [1.29, 1.82) is 5.41 Å². The van der Waals surface area contributed by atoms with Crippen LogP contribution in [0.1, 0.15) is 15.9 Å². The van der Waals surface area contributed by atoms with E-state index in [1.165, 1.54) is 36.7 Å². The third-order valence-corrected chi connectivity index (χ3v) is 2.30. The minimum Gasteiger partial charge on any atom is -0.296 e. The maximum absolute atomic E-state index is 12.7. The minimum atomic E-state index is -0.404. The number of hydrogen-bond donors (Lipinski definition) is 1. The van der Waals surface area contributed by atoms with Crippen molar-refractivity contribution in [3.63, 3.8) is 0 Å². The molecule has 17 heavy (non-hydrogen) atoms. The lowest BCUT2D eigenvalue weighted by Gasteiger charge is -2.03. The molecule has 2 rings (SSSR count). The Bertz CT molecular complexity index is 549. The van der Waals surface area contributed by atoms with Crippen molar-refractivity contribution in [2.24, 2.45) is 0 Å². The molecule has 0 aliphatic rings. The van der Waals surface area contributed by atoms with Gasteiger partial charge in [0.15, 0.2) is 0 Å². The van der Waals surface area contributed by atoms with E-state index in [9.17, 15) is 9.18 Å². The van der Waals surface area contributed by atoms with Crippen molar-refractivity contribution in [2.45, 2.75) is 0 Å². The lowest BCUT2D eigenvalue weighted by atomic mass is 10.0. The van der Waals surface area contributed by atoms with E-state index >= 15 is 0 Å². The van der Waals surface area contributed by atoms with Gasteiger partial charge >= 0.3 is 0 Å². The van der Waals surface area contributed by atoms with E-state index in [0.717, 1.165) is 0 Å². The smallest absolute Gasteiger partial charge is 0.211 e. The largest absolute Gasteiger partial charge is 0.296 e. The molecule has 3 nitrogen and oxygen atoms in total. The number of aromatic nitrogens is 1. The Labute approximate surface area is 97.5 Å². The molecule has 0 bridgehead atoms. The van der Waals surface area contributed by atoms with Crippen molar-refractivity contribution in [1.82, 2.24) is 4.98 Å². The number of hydrogen-bond acceptors (Lipinski definition) is 3. The highest BCUT2D eigenvalue weighted by Gasteiger charge is 2.13. The average Bonchev–Trinajstić information content (AvgIpc) is 2.39. The lowest BCUT2D eigenvalue weighted by Crippen LogP contribution is -2.14. The van der Waals surface area contributed by atoms with Crippen molar-refractivity contribution in [3.8, 4) is 0 Å². The Balaban J connectivity index is 2.27. The lowest BCUT2D eigenvalue weighted by molar-refractivity contribution is 0.106. The Morgan fingerprint density at radius 3 is 2.18 bits per heavy atom. The summed E-state index contributed by atoms with van der Waals surface area (Å²) in [5.41, 5.74) is 0.638. The maximum atomic E-state index is 12.7. The summed E-state index contributed by atoms with van der Waals surface area (Å²) in [4.78, 5) is 15.7. The number of ketones is 1. The Kier molecular flexibility index (Phi) is 3.05. The number of carbonyl (C=O) groups excluding carboxylic acids is 1. The molecule has 84 valence electrons. The molecule has 0 atom stereocenters. The first-order chi connectivity index (χ1) is 8.18. The zero-order chi connectivity index (χ0) is 12.3. The fraction of sp³-hybridized carbons (Fsp3) is 0. The van der Waals surface area contributed by atoms with E-state index in [0.29, 0.717) is 11.1 Å². The quantitative estimate of drug-likeness (QED) is 0.648. The van der Waals surface area contributed by atoms with Gasteiger partial charge in [0.1, 0.15) is 11.5 Å². The molecular weight excluding hydrogens is 219 g/mol. The van der Waals surface area contributed by atoms with Crippen molar-refractivity contribution >= 4 is 11.5 Å². The average molecular weight is 228 g/mol. The van der Waals surface area contributed by atoms with Crippen LogP contribution in [0.15, 0.2) is 48.8 Å². The zero-order valence-corrected chi connectivity index (χ0v) is 8.85. The summed E-state index contributed by atoms with van der Waals surface area (Å²) in [5, 5.41) is 7.75.